The molecule has 3 nitrogen and oxygen atoms in total. The zero-order chi connectivity index (χ0) is 15.9. The molecule has 0 amide bonds. The Morgan fingerprint density at radius 3 is 2.45 bits per heavy atom. The van der Waals surface area contributed by atoms with Gasteiger partial charge in [-0.25, -0.2) is 0 Å². The van der Waals surface area contributed by atoms with E-state index in [4.69, 9.17) is 4.74 Å². The van der Waals surface area contributed by atoms with Crippen LogP contribution < -0.4 is 9.47 Å². The third-order valence-electron chi connectivity index (χ3n) is 2.89. The molecule has 2 rings (SSSR count). The fourth-order valence-electron chi connectivity index (χ4n) is 1.85. The van der Waals surface area contributed by atoms with Crippen LogP contribution in [0, 0.1) is 0 Å². The van der Waals surface area contributed by atoms with E-state index in [1.807, 2.05) is 6.07 Å². The number of benzene rings is 2. The predicted molar refractivity (Wildman–Crippen MR) is 79.4 cm³/mol. The van der Waals surface area contributed by atoms with Gasteiger partial charge >= 0.3 is 6.61 Å². The number of carbonyl (C=O) groups excluding carboxylic acids is 1. The molecule has 0 fully saturated rings. The number of alkyl halides is 2. The summed E-state index contributed by atoms with van der Waals surface area (Å²) in [6.07, 6.45) is 3.00. The second-order valence-corrected chi connectivity index (χ2v) is 4.35. The number of hydrogen-bond donors (Lipinski definition) is 0. The maximum atomic E-state index is 12.2. The Hall–Kier alpha value is -2.69. The smallest absolute Gasteiger partial charge is 0.387 e. The number of carbonyl (C=O) groups is 1. The first kappa shape index (κ1) is 15.7. The van der Waals surface area contributed by atoms with E-state index in [2.05, 4.69) is 4.74 Å². The normalized spacial score (nSPS) is 10.9. The van der Waals surface area contributed by atoms with Crippen LogP contribution in [-0.2, 0) is 0 Å². The number of rotatable bonds is 6. The summed E-state index contributed by atoms with van der Waals surface area (Å²) >= 11 is 0. The largest absolute Gasteiger partial charge is 0.493 e. The van der Waals surface area contributed by atoms with Gasteiger partial charge in [0.05, 0.1) is 7.11 Å². The van der Waals surface area contributed by atoms with E-state index in [-0.39, 0.29) is 17.3 Å². The molecule has 0 aliphatic rings. The summed E-state index contributed by atoms with van der Waals surface area (Å²) in [5.41, 5.74) is 1.21. The van der Waals surface area contributed by atoms with Gasteiger partial charge in [-0.3, -0.25) is 4.79 Å². The van der Waals surface area contributed by atoms with Crippen molar-refractivity contribution in [1.82, 2.24) is 0 Å². The number of hydrogen-bond acceptors (Lipinski definition) is 3. The van der Waals surface area contributed by atoms with E-state index in [1.54, 1.807) is 36.4 Å². The average Bonchev–Trinajstić information content (AvgIpc) is 2.54. The SMILES string of the molecule is COc1cc(C=CC(=O)c2ccccc2)ccc1OC(F)F. The Bertz CT molecular complexity index is 667. The summed E-state index contributed by atoms with van der Waals surface area (Å²) in [5.74, 6) is -0.0221. The molecule has 2 aromatic rings. The lowest BCUT2D eigenvalue weighted by molar-refractivity contribution is -0.0512. The van der Waals surface area contributed by atoms with Gasteiger partial charge in [0.1, 0.15) is 0 Å². The van der Waals surface area contributed by atoms with Crippen LogP contribution in [0.25, 0.3) is 6.08 Å². The molecule has 0 bridgehead atoms. The molecule has 0 atom stereocenters. The lowest BCUT2D eigenvalue weighted by atomic mass is 10.1. The third-order valence-corrected chi connectivity index (χ3v) is 2.89. The van der Waals surface area contributed by atoms with E-state index in [9.17, 15) is 13.6 Å². The zero-order valence-corrected chi connectivity index (χ0v) is 11.8. The van der Waals surface area contributed by atoms with Crippen molar-refractivity contribution in [1.29, 1.82) is 0 Å². The van der Waals surface area contributed by atoms with Gasteiger partial charge in [0.15, 0.2) is 17.3 Å². The van der Waals surface area contributed by atoms with Gasteiger partial charge in [-0.2, -0.15) is 8.78 Å². The average molecular weight is 304 g/mol. The zero-order valence-electron chi connectivity index (χ0n) is 11.8. The van der Waals surface area contributed by atoms with E-state index in [0.29, 0.717) is 11.1 Å². The van der Waals surface area contributed by atoms with Gasteiger partial charge in [0.25, 0.3) is 0 Å². The van der Waals surface area contributed by atoms with Crippen molar-refractivity contribution in [2.75, 3.05) is 7.11 Å². The molecule has 0 unspecified atom stereocenters. The molecule has 22 heavy (non-hydrogen) atoms. The van der Waals surface area contributed by atoms with Crippen molar-refractivity contribution < 1.29 is 23.0 Å². The molecule has 0 spiro atoms. The highest BCUT2D eigenvalue weighted by Gasteiger charge is 2.10. The second-order valence-electron chi connectivity index (χ2n) is 4.35. The number of ketones is 1. The summed E-state index contributed by atoms with van der Waals surface area (Å²) in [7, 11) is 1.36. The Balaban J connectivity index is 2.16. The van der Waals surface area contributed by atoms with E-state index in [0.717, 1.165) is 0 Å². The monoisotopic (exact) mass is 304 g/mol. The lowest BCUT2D eigenvalue weighted by Crippen LogP contribution is -2.03. The fraction of sp³-hybridized carbons (Fsp3) is 0.118. The van der Waals surface area contributed by atoms with Crippen molar-refractivity contribution in [2.24, 2.45) is 0 Å². The standard InChI is InChI=1S/C17H14F2O3/c1-21-16-11-12(8-10-15(16)22-17(18)19)7-9-14(20)13-5-3-2-4-6-13/h2-11,17H,1H3. The van der Waals surface area contributed by atoms with Crippen LogP contribution in [0.15, 0.2) is 54.6 Å². The molecule has 0 saturated heterocycles. The summed E-state index contributed by atoms with van der Waals surface area (Å²) in [5, 5.41) is 0. The van der Waals surface area contributed by atoms with Crippen LogP contribution in [0.5, 0.6) is 11.5 Å². The maximum absolute atomic E-state index is 12.2. The molecule has 0 aliphatic carbocycles. The van der Waals surface area contributed by atoms with Gasteiger partial charge in [0, 0.05) is 5.56 Å². The highest BCUT2D eigenvalue weighted by Crippen LogP contribution is 2.29. The van der Waals surface area contributed by atoms with Gasteiger partial charge in [-0.15, -0.1) is 0 Å². The third kappa shape index (κ3) is 4.15. The van der Waals surface area contributed by atoms with Gasteiger partial charge < -0.3 is 9.47 Å². The molecular weight excluding hydrogens is 290 g/mol. The van der Waals surface area contributed by atoms with Crippen LogP contribution in [0.4, 0.5) is 8.78 Å². The Kier molecular flexibility index (Phi) is 5.25. The first-order valence-corrected chi connectivity index (χ1v) is 6.50. The molecule has 0 heterocycles. The minimum atomic E-state index is -2.92. The molecule has 0 aromatic heterocycles. The summed E-state index contributed by atoms with van der Waals surface area (Å²) in [6, 6.07) is 13.3. The summed E-state index contributed by atoms with van der Waals surface area (Å²) < 4.78 is 33.8. The quantitative estimate of drug-likeness (QED) is 0.593. The Morgan fingerprint density at radius 1 is 1.09 bits per heavy atom. The van der Waals surface area contributed by atoms with Gasteiger partial charge in [0.2, 0.25) is 0 Å². The molecule has 0 saturated carbocycles. The topological polar surface area (TPSA) is 35.5 Å². The van der Waals surface area contributed by atoms with E-state index in [1.165, 1.54) is 25.3 Å². The lowest BCUT2D eigenvalue weighted by Gasteiger charge is -2.10. The van der Waals surface area contributed by atoms with Crippen molar-refractivity contribution >= 4 is 11.9 Å². The van der Waals surface area contributed by atoms with Gasteiger partial charge in [-0.1, -0.05) is 42.5 Å². The maximum Gasteiger partial charge on any atom is 0.387 e. The van der Waals surface area contributed by atoms with E-state index >= 15 is 0 Å². The fourth-order valence-corrected chi connectivity index (χ4v) is 1.85. The second kappa shape index (κ2) is 7.36. The number of allylic oxidation sites excluding steroid dienone is 1. The van der Waals surface area contributed by atoms with Crippen LogP contribution in [0.2, 0.25) is 0 Å². The molecule has 114 valence electrons. The molecular formula is C17H14F2O3. The highest BCUT2D eigenvalue weighted by molar-refractivity contribution is 6.06. The minimum Gasteiger partial charge on any atom is -0.493 e. The molecule has 0 N–H and O–H groups in total. The van der Waals surface area contributed by atoms with Crippen molar-refractivity contribution in [2.45, 2.75) is 6.61 Å². The Morgan fingerprint density at radius 2 is 1.82 bits per heavy atom. The minimum absolute atomic E-state index is 0.0518. The molecule has 0 radical (unpaired) electrons. The Labute approximate surface area is 126 Å². The van der Waals surface area contributed by atoms with Crippen molar-refractivity contribution in [3.63, 3.8) is 0 Å². The van der Waals surface area contributed by atoms with Crippen LogP contribution in [0.1, 0.15) is 15.9 Å². The van der Waals surface area contributed by atoms with Crippen molar-refractivity contribution in [3.8, 4) is 11.5 Å². The van der Waals surface area contributed by atoms with Gasteiger partial charge in [-0.05, 0) is 23.8 Å². The highest BCUT2D eigenvalue weighted by atomic mass is 19.3. The predicted octanol–water partition coefficient (Wildman–Crippen LogP) is 4.19. The van der Waals surface area contributed by atoms with E-state index < -0.39 is 6.61 Å². The first-order chi connectivity index (χ1) is 10.6. The van der Waals surface area contributed by atoms with Crippen LogP contribution in [0.3, 0.4) is 0 Å². The molecule has 2 aromatic carbocycles. The number of ether oxygens (including phenoxy) is 2. The first-order valence-electron chi connectivity index (χ1n) is 6.50. The number of halogens is 2. The van der Waals surface area contributed by atoms with Crippen LogP contribution in [-0.4, -0.2) is 19.5 Å². The van der Waals surface area contributed by atoms with Crippen LogP contribution >= 0.6 is 0 Å². The summed E-state index contributed by atoms with van der Waals surface area (Å²) in [6.45, 7) is -2.92. The molecule has 5 heteroatoms. The molecule has 0 aliphatic heterocycles. The number of methoxy groups -OCH3 is 1. The summed E-state index contributed by atoms with van der Waals surface area (Å²) in [4.78, 5) is 11.9. The van der Waals surface area contributed by atoms with Crippen molar-refractivity contribution in [3.05, 3.63) is 65.7 Å².